The average molecular weight is 196 g/mol. The van der Waals surface area contributed by atoms with Crippen LogP contribution in [0.15, 0.2) is 17.9 Å². The van der Waals surface area contributed by atoms with Crippen molar-refractivity contribution in [3.8, 4) is 0 Å². The van der Waals surface area contributed by atoms with E-state index in [0.717, 1.165) is 12.8 Å². The topological polar surface area (TPSA) is 20.2 Å². The molecule has 0 aromatic rings. The minimum absolute atomic E-state index is 0.234. The van der Waals surface area contributed by atoms with Crippen LogP contribution in [-0.4, -0.2) is 11.7 Å². The molecule has 0 aliphatic rings. The monoisotopic (exact) mass is 196 g/mol. The molecule has 0 spiro atoms. The van der Waals surface area contributed by atoms with Crippen LogP contribution in [0, 0.1) is 0 Å². The Balaban J connectivity index is 3.08. The molecule has 82 valence electrons. The second kappa shape index (κ2) is 12.5. The van der Waals surface area contributed by atoms with Gasteiger partial charge in [-0.2, -0.15) is 0 Å². The smallest absolute Gasteiger partial charge is 0.0471 e. The highest BCUT2D eigenvalue weighted by Crippen LogP contribution is 2.06. The fourth-order valence-electron chi connectivity index (χ4n) is 1.34. The average Bonchev–Trinajstić information content (AvgIpc) is 2.21. The van der Waals surface area contributed by atoms with Crippen LogP contribution >= 0.6 is 0 Å². The van der Waals surface area contributed by atoms with E-state index in [1.807, 2.05) is 6.08 Å². The van der Waals surface area contributed by atoms with Gasteiger partial charge in [0.1, 0.15) is 0 Å². The lowest BCUT2D eigenvalue weighted by Gasteiger charge is -1.96. The van der Waals surface area contributed by atoms with E-state index in [4.69, 9.17) is 5.11 Å². The predicted octanol–water partition coefficient (Wildman–Crippen LogP) is 3.83. The standard InChI is InChI=1S/C13H24O/c1-2-3-4-5-6-7-8-9-10-11-12-13-14/h9,11,14H,2-8,12-13H2,1H3. The molecule has 1 heteroatoms. The van der Waals surface area contributed by atoms with Crippen LogP contribution in [0.4, 0.5) is 0 Å². The van der Waals surface area contributed by atoms with Crippen LogP contribution < -0.4 is 0 Å². The Hall–Kier alpha value is -0.520. The molecule has 0 aliphatic carbocycles. The summed E-state index contributed by atoms with van der Waals surface area (Å²) in [4.78, 5) is 0. The number of unbranched alkanes of at least 4 members (excludes halogenated alkanes) is 6. The molecule has 1 nitrogen and oxygen atoms in total. The van der Waals surface area contributed by atoms with Gasteiger partial charge in [-0.3, -0.25) is 0 Å². The summed E-state index contributed by atoms with van der Waals surface area (Å²) in [6.45, 7) is 2.48. The quantitative estimate of drug-likeness (QED) is 0.439. The lowest BCUT2D eigenvalue weighted by molar-refractivity contribution is 0.302. The number of hydrogen-bond acceptors (Lipinski definition) is 1. The third kappa shape index (κ3) is 11.5. The van der Waals surface area contributed by atoms with Gasteiger partial charge in [-0.05, 0) is 31.4 Å². The SMILES string of the molecule is CCCCCCCCC=C=CCCO. The molecule has 14 heavy (non-hydrogen) atoms. The minimum Gasteiger partial charge on any atom is -0.396 e. The van der Waals surface area contributed by atoms with Crippen molar-refractivity contribution in [3.63, 3.8) is 0 Å². The van der Waals surface area contributed by atoms with Crippen LogP contribution in [-0.2, 0) is 0 Å². The number of aliphatic hydroxyl groups is 1. The molecule has 0 amide bonds. The normalized spacial score (nSPS) is 9.57. The van der Waals surface area contributed by atoms with Crippen LogP contribution in [0.5, 0.6) is 0 Å². The molecule has 0 fully saturated rings. The van der Waals surface area contributed by atoms with Gasteiger partial charge in [-0.25, -0.2) is 0 Å². The summed E-state index contributed by atoms with van der Waals surface area (Å²) in [7, 11) is 0. The molecule has 0 heterocycles. The molecule has 0 aliphatic heterocycles. The van der Waals surface area contributed by atoms with E-state index in [-0.39, 0.29) is 6.61 Å². The first kappa shape index (κ1) is 13.5. The van der Waals surface area contributed by atoms with E-state index >= 15 is 0 Å². The largest absolute Gasteiger partial charge is 0.396 e. The Morgan fingerprint density at radius 2 is 1.57 bits per heavy atom. The fraction of sp³-hybridized carbons (Fsp3) is 0.769. The molecule has 0 unspecified atom stereocenters. The van der Waals surface area contributed by atoms with Gasteiger partial charge in [0.25, 0.3) is 0 Å². The third-order valence-corrected chi connectivity index (χ3v) is 2.21. The van der Waals surface area contributed by atoms with Gasteiger partial charge in [-0.1, -0.05) is 39.0 Å². The first-order valence-corrected chi connectivity index (χ1v) is 5.92. The zero-order chi connectivity index (χ0) is 10.5. The molecule has 0 radical (unpaired) electrons. The molecule has 0 saturated heterocycles. The second-order valence-corrected chi connectivity index (χ2v) is 3.64. The highest BCUT2D eigenvalue weighted by atomic mass is 16.2. The third-order valence-electron chi connectivity index (χ3n) is 2.21. The van der Waals surface area contributed by atoms with Gasteiger partial charge >= 0.3 is 0 Å². The zero-order valence-electron chi connectivity index (χ0n) is 9.47. The first-order chi connectivity index (χ1) is 6.91. The Labute approximate surface area is 88.5 Å². The lowest BCUT2D eigenvalue weighted by Crippen LogP contribution is -1.77. The van der Waals surface area contributed by atoms with E-state index in [1.54, 1.807) is 0 Å². The van der Waals surface area contributed by atoms with E-state index < -0.39 is 0 Å². The van der Waals surface area contributed by atoms with Crippen molar-refractivity contribution in [2.75, 3.05) is 6.61 Å². The predicted molar refractivity (Wildman–Crippen MR) is 62.3 cm³/mol. The van der Waals surface area contributed by atoms with E-state index in [0.29, 0.717) is 0 Å². The van der Waals surface area contributed by atoms with Crippen LogP contribution in [0.2, 0.25) is 0 Å². The molecule has 0 bridgehead atoms. The summed E-state index contributed by atoms with van der Waals surface area (Å²) in [6, 6.07) is 0. The van der Waals surface area contributed by atoms with Crippen molar-refractivity contribution in [1.82, 2.24) is 0 Å². The highest BCUT2D eigenvalue weighted by Gasteiger charge is 1.87. The molecule has 0 aromatic heterocycles. The van der Waals surface area contributed by atoms with Gasteiger partial charge in [0.05, 0.1) is 0 Å². The maximum absolute atomic E-state index is 8.50. The summed E-state index contributed by atoms with van der Waals surface area (Å²) < 4.78 is 0. The van der Waals surface area contributed by atoms with Crippen LogP contribution in [0.3, 0.4) is 0 Å². The van der Waals surface area contributed by atoms with Crippen molar-refractivity contribution in [2.45, 2.75) is 58.3 Å². The Kier molecular flexibility index (Phi) is 12.0. The molecular formula is C13H24O. The van der Waals surface area contributed by atoms with E-state index in [1.165, 1.54) is 38.5 Å². The minimum atomic E-state index is 0.234. The first-order valence-electron chi connectivity index (χ1n) is 5.92. The van der Waals surface area contributed by atoms with Crippen LogP contribution in [0.1, 0.15) is 58.3 Å². The Bertz CT molecular complexity index is 155. The van der Waals surface area contributed by atoms with Gasteiger partial charge in [0.15, 0.2) is 0 Å². The van der Waals surface area contributed by atoms with Crippen molar-refractivity contribution in [3.05, 3.63) is 17.9 Å². The molecule has 0 aromatic carbocycles. The van der Waals surface area contributed by atoms with Crippen molar-refractivity contribution in [2.24, 2.45) is 0 Å². The molecule has 0 rings (SSSR count). The van der Waals surface area contributed by atoms with Gasteiger partial charge in [-0.15, -0.1) is 5.73 Å². The molecular weight excluding hydrogens is 172 g/mol. The van der Waals surface area contributed by atoms with Crippen molar-refractivity contribution < 1.29 is 5.11 Å². The summed E-state index contributed by atoms with van der Waals surface area (Å²) in [6.07, 6.45) is 13.9. The second-order valence-electron chi connectivity index (χ2n) is 3.64. The van der Waals surface area contributed by atoms with E-state index in [9.17, 15) is 0 Å². The van der Waals surface area contributed by atoms with Gasteiger partial charge in [0.2, 0.25) is 0 Å². The molecule has 0 atom stereocenters. The summed E-state index contributed by atoms with van der Waals surface area (Å²) in [5.74, 6) is 0. The number of rotatable bonds is 9. The molecule has 0 saturated carbocycles. The zero-order valence-corrected chi connectivity index (χ0v) is 9.47. The summed E-state index contributed by atoms with van der Waals surface area (Å²) >= 11 is 0. The van der Waals surface area contributed by atoms with Crippen molar-refractivity contribution >= 4 is 0 Å². The summed E-state index contributed by atoms with van der Waals surface area (Å²) in [5.41, 5.74) is 3.08. The fourth-order valence-corrected chi connectivity index (χ4v) is 1.34. The molecule has 1 N–H and O–H groups in total. The number of hydrogen-bond donors (Lipinski definition) is 1. The van der Waals surface area contributed by atoms with Gasteiger partial charge < -0.3 is 5.11 Å². The lowest BCUT2D eigenvalue weighted by atomic mass is 10.1. The maximum Gasteiger partial charge on any atom is 0.0471 e. The maximum atomic E-state index is 8.50. The summed E-state index contributed by atoms with van der Waals surface area (Å²) in [5, 5.41) is 8.50. The van der Waals surface area contributed by atoms with Crippen molar-refractivity contribution in [1.29, 1.82) is 0 Å². The Morgan fingerprint density at radius 3 is 2.29 bits per heavy atom. The highest BCUT2D eigenvalue weighted by molar-refractivity contribution is 4.84. The van der Waals surface area contributed by atoms with Crippen LogP contribution in [0.25, 0.3) is 0 Å². The Morgan fingerprint density at radius 1 is 0.929 bits per heavy atom. The number of aliphatic hydroxyl groups excluding tert-OH is 1. The van der Waals surface area contributed by atoms with E-state index in [2.05, 4.69) is 18.7 Å². The van der Waals surface area contributed by atoms with Gasteiger partial charge in [0, 0.05) is 6.61 Å².